The van der Waals surface area contributed by atoms with Gasteiger partial charge in [0.25, 0.3) is 5.91 Å². The Labute approximate surface area is 185 Å². The third kappa shape index (κ3) is 3.73. The highest BCUT2D eigenvalue weighted by molar-refractivity contribution is 7.89. The summed E-state index contributed by atoms with van der Waals surface area (Å²) in [6.07, 6.45) is 1.90. The van der Waals surface area contributed by atoms with Gasteiger partial charge in [-0.3, -0.25) is 4.79 Å². The molecular formula is C22H23FN4O4S. The third-order valence-corrected chi connectivity index (χ3v) is 8.00. The number of anilines is 1. The van der Waals surface area contributed by atoms with E-state index in [2.05, 4.69) is 5.16 Å². The number of carbonyl (C=O) groups excluding carboxylic acids is 1. The first-order valence-corrected chi connectivity index (χ1v) is 12.1. The van der Waals surface area contributed by atoms with Crippen molar-refractivity contribution in [1.29, 1.82) is 0 Å². The van der Waals surface area contributed by atoms with Gasteiger partial charge >= 0.3 is 0 Å². The molecule has 0 atom stereocenters. The lowest BCUT2D eigenvalue weighted by molar-refractivity contribution is 0.0784. The van der Waals surface area contributed by atoms with Crippen LogP contribution in [0.1, 0.15) is 23.3 Å². The zero-order valence-corrected chi connectivity index (χ0v) is 18.2. The summed E-state index contributed by atoms with van der Waals surface area (Å²) in [7, 11) is -3.75. The van der Waals surface area contributed by atoms with E-state index in [1.54, 1.807) is 23.1 Å². The van der Waals surface area contributed by atoms with Gasteiger partial charge in [-0.05, 0) is 55.3 Å². The van der Waals surface area contributed by atoms with Crippen molar-refractivity contribution in [2.75, 3.05) is 44.2 Å². The van der Waals surface area contributed by atoms with Crippen LogP contribution in [-0.4, -0.2) is 68.0 Å². The summed E-state index contributed by atoms with van der Waals surface area (Å²) in [5.74, 6) is -0.537. The number of nitrogens with zero attached hydrogens (tertiary/aromatic N) is 4. The molecule has 0 N–H and O–H groups in total. The molecule has 2 aromatic carbocycles. The first-order chi connectivity index (χ1) is 15.4. The zero-order valence-electron chi connectivity index (χ0n) is 17.4. The van der Waals surface area contributed by atoms with Crippen LogP contribution in [0, 0.1) is 5.82 Å². The Morgan fingerprint density at radius 3 is 2.31 bits per heavy atom. The minimum absolute atomic E-state index is 0.110. The monoisotopic (exact) mass is 458 g/mol. The predicted octanol–water partition coefficient (Wildman–Crippen LogP) is 2.71. The fourth-order valence-electron chi connectivity index (χ4n) is 4.29. The Hall–Kier alpha value is -2.98. The summed E-state index contributed by atoms with van der Waals surface area (Å²) in [4.78, 5) is 16.6. The van der Waals surface area contributed by atoms with E-state index in [1.807, 2.05) is 4.90 Å². The van der Waals surface area contributed by atoms with Crippen LogP contribution in [0.3, 0.4) is 0 Å². The van der Waals surface area contributed by atoms with Crippen LogP contribution in [-0.2, 0) is 10.0 Å². The van der Waals surface area contributed by atoms with Crippen LogP contribution in [0.5, 0.6) is 0 Å². The van der Waals surface area contributed by atoms with Crippen molar-refractivity contribution in [1.82, 2.24) is 14.4 Å². The van der Waals surface area contributed by atoms with E-state index in [4.69, 9.17) is 4.52 Å². The molecule has 0 spiro atoms. The summed E-state index contributed by atoms with van der Waals surface area (Å²) in [6, 6.07) is 10.7. The van der Waals surface area contributed by atoms with E-state index in [1.165, 1.54) is 28.6 Å². The average molecular weight is 459 g/mol. The van der Waals surface area contributed by atoms with Gasteiger partial charge in [0, 0.05) is 45.0 Å². The average Bonchev–Trinajstić information content (AvgIpc) is 3.49. The summed E-state index contributed by atoms with van der Waals surface area (Å²) in [6.45, 7) is 2.95. The Balaban J connectivity index is 1.36. The van der Waals surface area contributed by atoms with E-state index in [0.29, 0.717) is 50.2 Å². The second kappa shape index (κ2) is 8.18. The van der Waals surface area contributed by atoms with Crippen molar-refractivity contribution < 1.29 is 22.1 Å². The number of carbonyl (C=O) groups is 1. The minimum Gasteiger partial charge on any atom is -0.369 e. The number of amides is 1. The van der Waals surface area contributed by atoms with Gasteiger partial charge in [-0.25, -0.2) is 12.8 Å². The molecule has 0 radical (unpaired) electrons. The third-order valence-electron chi connectivity index (χ3n) is 6.11. The Morgan fingerprint density at radius 2 is 1.62 bits per heavy atom. The Bertz CT molecular complexity index is 1240. The number of benzene rings is 2. The second-order valence-corrected chi connectivity index (χ2v) is 9.99. The van der Waals surface area contributed by atoms with E-state index >= 15 is 0 Å². The van der Waals surface area contributed by atoms with Gasteiger partial charge in [-0.1, -0.05) is 5.16 Å². The van der Waals surface area contributed by atoms with Gasteiger partial charge < -0.3 is 14.3 Å². The molecule has 1 aromatic heterocycles. The molecule has 0 unspecified atom stereocenters. The molecule has 0 aliphatic carbocycles. The minimum atomic E-state index is -3.75. The number of piperazine rings is 1. The van der Waals surface area contributed by atoms with E-state index in [9.17, 15) is 17.6 Å². The number of sulfonamides is 1. The highest BCUT2D eigenvalue weighted by atomic mass is 32.2. The Kier molecular flexibility index (Phi) is 5.34. The van der Waals surface area contributed by atoms with Crippen LogP contribution in [0.15, 0.2) is 51.9 Å². The first kappa shape index (κ1) is 20.9. The van der Waals surface area contributed by atoms with E-state index in [-0.39, 0.29) is 22.3 Å². The van der Waals surface area contributed by atoms with Crippen LogP contribution in [0.25, 0.3) is 11.0 Å². The molecule has 0 bridgehead atoms. The molecule has 10 heteroatoms. The summed E-state index contributed by atoms with van der Waals surface area (Å²) < 4.78 is 46.5. The normalized spacial score (nSPS) is 17.9. The quantitative estimate of drug-likeness (QED) is 0.598. The molecule has 2 aliphatic heterocycles. The van der Waals surface area contributed by atoms with Crippen LogP contribution in [0.4, 0.5) is 10.1 Å². The van der Waals surface area contributed by atoms with Crippen molar-refractivity contribution in [3.63, 3.8) is 0 Å². The maximum Gasteiger partial charge on any atom is 0.276 e. The van der Waals surface area contributed by atoms with Crippen LogP contribution in [0.2, 0.25) is 0 Å². The molecule has 1 amide bonds. The number of likely N-dealkylation sites (tertiary alicyclic amines) is 1. The second-order valence-electron chi connectivity index (χ2n) is 8.06. The fraction of sp³-hybridized carbons (Fsp3) is 0.364. The van der Waals surface area contributed by atoms with Gasteiger partial charge in [0.15, 0.2) is 11.3 Å². The molecule has 3 aromatic rings. The van der Waals surface area contributed by atoms with Crippen molar-refractivity contribution in [3.05, 3.63) is 54.0 Å². The predicted molar refractivity (Wildman–Crippen MR) is 117 cm³/mol. The summed E-state index contributed by atoms with van der Waals surface area (Å²) in [5, 5.41) is 4.33. The lowest BCUT2D eigenvalue weighted by atomic mass is 10.2. The number of aromatic nitrogens is 1. The van der Waals surface area contributed by atoms with Gasteiger partial charge in [-0.15, -0.1) is 0 Å². The standard InChI is InChI=1S/C22H23FN4O4S/c23-16-3-5-17(6-4-16)25-11-13-27(14-12-25)32(29,30)18-7-8-20-19(15-18)21(24-31-20)22(28)26-9-1-2-10-26/h3-8,15H,1-2,9-14H2. The number of halogens is 1. The highest BCUT2D eigenvalue weighted by Gasteiger charge is 2.30. The van der Waals surface area contributed by atoms with Gasteiger partial charge in [0.1, 0.15) is 5.82 Å². The molecule has 2 fully saturated rings. The Morgan fingerprint density at radius 1 is 0.938 bits per heavy atom. The number of hydrogen-bond donors (Lipinski definition) is 0. The van der Waals surface area contributed by atoms with Crippen LogP contribution >= 0.6 is 0 Å². The van der Waals surface area contributed by atoms with Crippen molar-refractivity contribution in [3.8, 4) is 0 Å². The molecule has 168 valence electrons. The fourth-order valence-corrected chi connectivity index (χ4v) is 5.74. The first-order valence-electron chi connectivity index (χ1n) is 10.6. The topological polar surface area (TPSA) is 87.0 Å². The largest absolute Gasteiger partial charge is 0.369 e. The SMILES string of the molecule is O=C(c1noc2ccc(S(=O)(=O)N3CCN(c4ccc(F)cc4)CC3)cc12)N1CCCC1. The van der Waals surface area contributed by atoms with Crippen molar-refractivity contribution >= 4 is 32.6 Å². The molecule has 3 heterocycles. The summed E-state index contributed by atoms with van der Waals surface area (Å²) >= 11 is 0. The molecule has 32 heavy (non-hydrogen) atoms. The molecule has 2 aliphatic rings. The molecular weight excluding hydrogens is 435 g/mol. The molecule has 5 rings (SSSR count). The van der Waals surface area contributed by atoms with Gasteiger partial charge in [0.05, 0.1) is 10.3 Å². The zero-order chi connectivity index (χ0) is 22.3. The highest BCUT2D eigenvalue weighted by Crippen LogP contribution is 2.27. The van der Waals surface area contributed by atoms with Crippen molar-refractivity contribution in [2.45, 2.75) is 17.7 Å². The molecule has 0 saturated carbocycles. The van der Waals surface area contributed by atoms with E-state index in [0.717, 1.165) is 18.5 Å². The number of fused-ring (bicyclic) bond motifs is 1. The van der Waals surface area contributed by atoms with Crippen molar-refractivity contribution in [2.24, 2.45) is 0 Å². The smallest absolute Gasteiger partial charge is 0.276 e. The summed E-state index contributed by atoms with van der Waals surface area (Å²) in [5.41, 5.74) is 1.40. The molecule has 8 nitrogen and oxygen atoms in total. The van der Waals surface area contributed by atoms with E-state index < -0.39 is 10.0 Å². The number of hydrogen-bond acceptors (Lipinski definition) is 6. The lowest BCUT2D eigenvalue weighted by Gasteiger charge is -2.35. The van der Waals surface area contributed by atoms with Crippen LogP contribution < -0.4 is 4.90 Å². The maximum absolute atomic E-state index is 13.3. The molecule has 2 saturated heterocycles. The van der Waals surface area contributed by atoms with Gasteiger partial charge in [0.2, 0.25) is 10.0 Å². The number of rotatable bonds is 4. The lowest BCUT2D eigenvalue weighted by Crippen LogP contribution is -2.48. The maximum atomic E-state index is 13.3. The van der Waals surface area contributed by atoms with Gasteiger partial charge in [-0.2, -0.15) is 4.31 Å².